The van der Waals surface area contributed by atoms with Crippen molar-refractivity contribution in [3.63, 3.8) is 0 Å². The summed E-state index contributed by atoms with van der Waals surface area (Å²) in [7, 11) is 0. The second-order valence-electron chi connectivity index (χ2n) is 9.85. The third-order valence-electron chi connectivity index (χ3n) is 6.33. The van der Waals surface area contributed by atoms with Gasteiger partial charge in [0.25, 0.3) is 5.89 Å². The van der Waals surface area contributed by atoms with Gasteiger partial charge in [-0.05, 0) is 72.8 Å². The van der Waals surface area contributed by atoms with E-state index in [0.717, 1.165) is 17.1 Å². The van der Waals surface area contributed by atoms with Gasteiger partial charge in [-0.15, -0.1) is 5.10 Å². The molecule has 2 aliphatic carbocycles. The maximum Gasteiger partial charge on any atom is 0.316 e. The Bertz CT molecular complexity index is 1050. The average Bonchev–Trinajstić information content (AvgIpc) is 3.20. The van der Waals surface area contributed by atoms with Gasteiger partial charge in [0.2, 0.25) is 0 Å². The third kappa shape index (κ3) is 3.63. The van der Waals surface area contributed by atoms with Crippen LogP contribution < -0.4 is 5.32 Å². The highest BCUT2D eigenvalue weighted by molar-refractivity contribution is 5.88. The van der Waals surface area contributed by atoms with Crippen LogP contribution in [0.5, 0.6) is 0 Å². The maximum absolute atomic E-state index is 5.94. The molecule has 3 aromatic rings. The Morgan fingerprint density at radius 1 is 1.00 bits per heavy atom. The molecule has 2 aliphatic rings. The lowest BCUT2D eigenvalue weighted by Gasteiger charge is -2.23. The number of hydrogen-bond acceptors (Lipinski definition) is 5. The van der Waals surface area contributed by atoms with Crippen LogP contribution in [0.3, 0.4) is 0 Å². The Morgan fingerprint density at radius 3 is 2.45 bits per heavy atom. The van der Waals surface area contributed by atoms with Gasteiger partial charge in [0.15, 0.2) is 0 Å². The van der Waals surface area contributed by atoms with Gasteiger partial charge in [0.1, 0.15) is 5.69 Å². The van der Waals surface area contributed by atoms with Crippen LogP contribution in [-0.4, -0.2) is 21.2 Å². The SMILES string of the molecule is Cc1cc(-c2nnc(NC3CCCC3)o2)nc2c(C(C)(C)C)cc(C3CC3)cc12. The number of pyridine rings is 1. The van der Waals surface area contributed by atoms with Crippen LogP contribution >= 0.6 is 0 Å². The smallest absolute Gasteiger partial charge is 0.316 e. The first-order valence-corrected chi connectivity index (χ1v) is 10.9. The Morgan fingerprint density at radius 2 is 1.76 bits per heavy atom. The summed E-state index contributed by atoms with van der Waals surface area (Å²) in [5.41, 5.74) is 5.80. The number of anilines is 1. The molecule has 1 aromatic carbocycles. The lowest BCUT2D eigenvalue weighted by molar-refractivity contribution is 0.564. The summed E-state index contributed by atoms with van der Waals surface area (Å²) in [6, 6.07) is 7.75. The zero-order valence-electron chi connectivity index (χ0n) is 17.9. The van der Waals surface area contributed by atoms with E-state index in [1.807, 2.05) is 0 Å². The summed E-state index contributed by atoms with van der Waals surface area (Å²) in [6.07, 6.45) is 7.48. The van der Waals surface area contributed by atoms with Gasteiger partial charge in [-0.3, -0.25) is 0 Å². The van der Waals surface area contributed by atoms with Crippen LogP contribution in [0.25, 0.3) is 22.5 Å². The molecule has 2 heterocycles. The largest absolute Gasteiger partial charge is 0.402 e. The summed E-state index contributed by atoms with van der Waals surface area (Å²) in [4.78, 5) is 5.01. The fourth-order valence-corrected chi connectivity index (χ4v) is 4.48. The van der Waals surface area contributed by atoms with E-state index < -0.39 is 0 Å². The number of hydrogen-bond donors (Lipinski definition) is 1. The van der Waals surface area contributed by atoms with E-state index in [1.54, 1.807) is 0 Å². The van der Waals surface area contributed by atoms with Crippen molar-refractivity contribution in [3.05, 3.63) is 34.9 Å². The highest BCUT2D eigenvalue weighted by Gasteiger charge is 2.28. The molecule has 29 heavy (non-hydrogen) atoms. The van der Waals surface area contributed by atoms with Crippen LogP contribution in [0.1, 0.15) is 81.9 Å². The predicted molar refractivity (Wildman–Crippen MR) is 116 cm³/mol. The van der Waals surface area contributed by atoms with Gasteiger partial charge in [-0.2, -0.15) is 0 Å². The molecule has 5 heteroatoms. The van der Waals surface area contributed by atoms with Crippen molar-refractivity contribution in [2.24, 2.45) is 0 Å². The summed E-state index contributed by atoms with van der Waals surface area (Å²) in [6.45, 7) is 8.94. The molecule has 1 N–H and O–H groups in total. The van der Waals surface area contributed by atoms with Crippen molar-refractivity contribution in [2.45, 2.75) is 83.6 Å². The van der Waals surface area contributed by atoms with Crippen LogP contribution in [0, 0.1) is 6.92 Å². The van der Waals surface area contributed by atoms with Gasteiger partial charge < -0.3 is 9.73 Å². The highest BCUT2D eigenvalue weighted by atomic mass is 16.4. The van der Waals surface area contributed by atoms with Gasteiger partial charge >= 0.3 is 6.01 Å². The molecule has 2 saturated carbocycles. The van der Waals surface area contributed by atoms with Crippen molar-refractivity contribution < 1.29 is 4.42 Å². The normalized spacial score (nSPS) is 17.9. The van der Waals surface area contributed by atoms with Crippen molar-refractivity contribution in [1.82, 2.24) is 15.2 Å². The molecule has 0 atom stereocenters. The van der Waals surface area contributed by atoms with Gasteiger partial charge in [-0.25, -0.2) is 4.98 Å². The topological polar surface area (TPSA) is 63.8 Å². The first-order valence-electron chi connectivity index (χ1n) is 10.9. The predicted octanol–water partition coefficient (Wildman–Crippen LogP) is 6.12. The second-order valence-corrected chi connectivity index (χ2v) is 9.85. The summed E-state index contributed by atoms with van der Waals surface area (Å²) in [5.74, 6) is 1.21. The van der Waals surface area contributed by atoms with Crippen molar-refractivity contribution >= 4 is 16.9 Å². The molecule has 0 spiro atoms. The highest BCUT2D eigenvalue weighted by Crippen LogP contribution is 2.44. The molecule has 0 saturated heterocycles. The van der Waals surface area contributed by atoms with Crippen molar-refractivity contribution in [1.29, 1.82) is 0 Å². The van der Waals surface area contributed by atoms with Gasteiger partial charge in [-0.1, -0.05) is 44.8 Å². The lowest BCUT2D eigenvalue weighted by Crippen LogP contribution is -2.14. The average molecular weight is 391 g/mol. The first kappa shape index (κ1) is 18.6. The Balaban J connectivity index is 1.57. The number of nitrogens with one attached hydrogen (secondary N) is 1. The number of aryl methyl sites for hydroxylation is 1. The number of aromatic nitrogens is 3. The van der Waals surface area contributed by atoms with E-state index in [4.69, 9.17) is 9.40 Å². The van der Waals surface area contributed by atoms with E-state index in [9.17, 15) is 0 Å². The molecule has 5 rings (SSSR count). The molecule has 0 bridgehead atoms. The third-order valence-corrected chi connectivity index (χ3v) is 6.33. The summed E-state index contributed by atoms with van der Waals surface area (Å²) >= 11 is 0. The Labute approximate surface area is 172 Å². The molecule has 0 aliphatic heterocycles. The Hall–Kier alpha value is -2.43. The van der Waals surface area contributed by atoms with E-state index in [1.165, 1.54) is 60.6 Å². The fraction of sp³-hybridized carbons (Fsp3) is 0.542. The number of nitrogens with zero attached hydrogens (tertiary/aromatic N) is 3. The molecule has 5 nitrogen and oxygen atoms in total. The number of rotatable bonds is 4. The Kier molecular flexibility index (Phi) is 4.37. The van der Waals surface area contributed by atoms with E-state index in [-0.39, 0.29) is 5.41 Å². The summed E-state index contributed by atoms with van der Waals surface area (Å²) < 4.78 is 5.94. The number of benzene rings is 1. The van der Waals surface area contributed by atoms with Crippen molar-refractivity contribution in [3.8, 4) is 11.6 Å². The molecule has 2 aromatic heterocycles. The fourth-order valence-electron chi connectivity index (χ4n) is 4.48. The standard InChI is InChI=1S/C24H30N4O/c1-14-11-20(22-27-28-23(29-22)25-17-7-5-6-8-17)26-21-18(14)12-16(15-9-10-15)13-19(21)24(2,3)4/h11-13,15,17H,5-10H2,1-4H3,(H,25,28). The monoisotopic (exact) mass is 390 g/mol. The maximum atomic E-state index is 5.94. The molecule has 2 fully saturated rings. The van der Waals surface area contributed by atoms with Crippen LogP contribution in [0.15, 0.2) is 22.6 Å². The molecular formula is C24H30N4O. The zero-order valence-corrected chi connectivity index (χ0v) is 17.9. The zero-order chi connectivity index (χ0) is 20.2. The first-order chi connectivity index (χ1) is 13.9. The molecule has 0 radical (unpaired) electrons. The minimum atomic E-state index is 0.0191. The molecule has 0 amide bonds. The molecular weight excluding hydrogens is 360 g/mol. The summed E-state index contributed by atoms with van der Waals surface area (Å²) in [5, 5.41) is 13.1. The molecule has 0 unspecified atom stereocenters. The van der Waals surface area contributed by atoms with Gasteiger partial charge in [0.05, 0.1) is 5.52 Å². The van der Waals surface area contributed by atoms with Crippen LogP contribution in [-0.2, 0) is 5.41 Å². The minimum Gasteiger partial charge on any atom is -0.402 e. The van der Waals surface area contributed by atoms with E-state index in [2.05, 4.69) is 61.4 Å². The molecule has 152 valence electrons. The van der Waals surface area contributed by atoms with E-state index in [0.29, 0.717) is 17.9 Å². The quantitative estimate of drug-likeness (QED) is 0.581. The number of fused-ring (bicyclic) bond motifs is 1. The second kappa shape index (κ2) is 6.82. The lowest BCUT2D eigenvalue weighted by atomic mass is 9.83. The van der Waals surface area contributed by atoms with Crippen LogP contribution in [0.2, 0.25) is 0 Å². The van der Waals surface area contributed by atoms with E-state index >= 15 is 0 Å². The minimum absolute atomic E-state index is 0.0191. The van der Waals surface area contributed by atoms with Crippen LogP contribution in [0.4, 0.5) is 6.01 Å². The van der Waals surface area contributed by atoms with Gasteiger partial charge in [0, 0.05) is 11.4 Å². The van der Waals surface area contributed by atoms with Crippen molar-refractivity contribution in [2.75, 3.05) is 5.32 Å².